The summed E-state index contributed by atoms with van der Waals surface area (Å²) in [6.45, 7) is 5.34. The molecule has 0 aromatic rings. The lowest BCUT2D eigenvalue weighted by Crippen LogP contribution is -2.42. The average Bonchev–Trinajstić information content (AvgIpc) is 2.26. The van der Waals surface area contributed by atoms with Crippen molar-refractivity contribution < 1.29 is 14.3 Å². The third-order valence-electron chi connectivity index (χ3n) is 2.02. The van der Waals surface area contributed by atoms with Crippen molar-refractivity contribution in [1.82, 2.24) is 10.2 Å². The second-order valence-corrected chi connectivity index (χ2v) is 3.60. The number of nitrogens with zero attached hydrogens (tertiary/aromatic N) is 1. The van der Waals surface area contributed by atoms with Gasteiger partial charge in [-0.2, -0.15) is 0 Å². The van der Waals surface area contributed by atoms with Crippen molar-refractivity contribution in [2.24, 2.45) is 0 Å². The van der Waals surface area contributed by atoms with Crippen LogP contribution in [0.25, 0.3) is 0 Å². The molecule has 0 aromatic carbocycles. The second kappa shape index (κ2) is 9.15. The maximum atomic E-state index is 11.6. The van der Waals surface area contributed by atoms with Crippen molar-refractivity contribution in [1.29, 1.82) is 0 Å². The van der Waals surface area contributed by atoms with Crippen LogP contribution in [0.1, 0.15) is 26.7 Å². The first-order chi connectivity index (χ1) is 7.65. The van der Waals surface area contributed by atoms with Crippen LogP contribution in [0.2, 0.25) is 0 Å². The third kappa shape index (κ3) is 6.40. The number of ether oxygens (including phenoxy) is 1. The van der Waals surface area contributed by atoms with Gasteiger partial charge in [-0.3, -0.25) is 9.59 Å². The van der Waals surface area contributed by atoms with E-state index < -0.39 is 0 Å². The molecular formula is C11H22N2O3. The smallest absolute Gasteiger partial charge is 0.249 e. The van der Waals surface area contributed by atoms with E-state index in [4.69, 9.17) is 4.74 Å². The molecule has 94 valence electrons. The van der Waals surface area contributed by atoms with Crippen LogP contribution in [0.5, 0.6) is 0 Å². The van der Waals surface area contributed by atoms with Crippen molar-refractivity contribution >= 4 is 11.8 Å². The molecule has 0 atom stereocenters. The molecular weight excluding hydrogens is 208 g/mol. The number of rotatable bonds is 8. The Morgan fingerprint density at radius 1 is 1.25 bits per heavy atom. The van der Waals surface area contributed by atoms with Gasteiger partial charge in [0.25, 0.3) is 0 Å². The first-order valence-corrected chi connectivity index (χ1v) is 5.69. The first-order valence-electron chi connectivity index (χ1n) is 5.69. The molecule has 5 nitrogen and oxygen atoms in total. The first kappa shape index (κ1) is 14.9. The van der Waals surface area contributed by atoms with Gasteiger partial charge in [-0.1, -0.05) is 13.8 Å². The van der Waals surface area contributed by atoms with Gasteiger partial charge in [-0.15, -0.1) is 0 Å². The minimum Gasteiger partial charge on any atom is -0.375 e. The maximum Gasteiger partial charge on any atom is 0.249 e. The minimum absolute atomic E-state index is 0.0288. The Bertz CT molecular complexity index is 219. The largest absolute Gasteiger partial charge is 0.375 e. The van der Waals surface area contributed by atoms with Gasteiger partial charge in [0.2, 0.25) is 11.8 Å². The fraction of sp³-hybridized carbons (Fsp3) is 0.818. The molecule has 16 heavy (non-hydrogen) atoms. The topological polar surface area (TPSA) is 58.6 Å². The molecule has 0 aliphatic heterocycles. The molecule has 0 aliphatic carbocycles. The number of carbonyl (C=O) groups excluding carboxylic acids is 2. The number of hydrogen-bond acceptors (Lipinski definition) is 3. The van der Waals surface area contributed by atoms with Gasteiger partial charge in [-0.05, 0) is 12.8 Å². The zero-order valence-corrected chi connectivity index (χ0v) is 10.4. The SMILES string of the molecule is CCCNC(=O)CN(CCC)C(=O)COC. The van der Waals surface area contributed by atoms with Crippen LogP contribution < -0.4 is 5.32 Å². The van der Waals surface area contributed by atoms with Crippen LogP contribution in [0.4, 0.5) is 0 Å². The van der Waals surface area contributed by atoms with E-state index in [1.165, 1.54) is 12.0 Å². The van der Waals surface area contributed by atoms with Gasteiger partial charge in [0, 0.05) is 20.2 Å². The van der Waals surface area contributed by atoms with Crippen LogP contribution in [-0.2, 0) is 14.3 Å². The van der Waals surface area contributed by atoms with Gasteiger partial charge < -0.3 is 15.0 Å². The van der Waals surface area contributed by atoms with Gasteiger partial charge in [0.1, 0.15) is 6.61 Å². The fourth-order valence-corrected chi connectivity index (χ4v) is 1.27. The number of amides is 2. The zero-order chi connectivity index (χ0) is 12.4. The van der Waals surface area contributed by atoms with Crippen LogP contribution in [0.15, 0.2) is 0 Å². The van der Waals surface area contributed by atoms with Crippen molar-refractivity contribution in [3.63, 3.8) is 0 Å². The quantitative estimate of drug-likeness (QED) is 0.656. The Morgan fingerprint density at radius 2 is 1.94 bits per heavy atom. The average molecular weight is 230 g/mol. The Balaban J connectivity index is 4.10. The van der Waals surface area contributed by atoms with Gasteiger partial charge in [0.15, 0.2) is 0 Å². The highest BCUT2D eigenvalue weighted by Crippen LogP contribution is 1.93. The Kier molecular flexibility index (Phi) is 8.52. The molecule has 0 aliphatic rings. The summed E-state index contributed by atoms with van der Waals surface area (Å²) in [6.07, 6.45) is 1.72. The molecule has 0 rings (SSSR count). The number of carbonyl (C=O) groups is 2. The fourth-order valence-electron chi connectivity index (χ4n) is 1.27. The molecule has 0 aromatic heterocycles. The monoisotopic (exact) mass is 230 g/mol. The highest BCUT2D eigenvalue weighted by Gasteiger charge is 2.15. The molecule has 5 heteroatoms. The minimum atomic E-state index is -0.143. The summed E-state index contributed by atoms with van der Waals surface area (Å²) in [5.41, 5.74) is 0. The summed E-state index contributed by atoms with van der Waals surface area (Å²) >= 11 is 0. The van der Waals surface area contributed by atoms with E-state index in [0.717, 1.165) is 12.8 Å². The van der Waals surface area contributed by atoms with Crippen molar-refractivity contribution in [2.75, 3.05) is 33.4 Å². The number of hydrogen-bond donors (Lipinski definition) is 1. The van der Waals surface area contributed by atoms with Crippen LogP contribution in [0.3, 0.4) is 0 Å². The van der Waals surface area contributed by atoms with Crippen LogP contribution >= 0.6 is 0 Å². The number of methoxy groups -OCH3 is 1. The van der Waals surface area contributed by atoms with Crippen LogP contribution in [0, 0.1) is 0 Å². The lowest BCUT2D eigenvalue weighted by molar-refractivity contribution is -0.139. The van der Waals surface area contributed by atoms with Crippen molar-refractivity contribution in [3.8, 4) is 0 Å². The summed E-state index contributed by atoms with van der Waals surface area (Å²) in [6, 6.07) is 0. The maximum absolute atomic E-state index is 11.6. The van der Waals surface area contributed by atoms with E-state index in [1.54, 1.807) is 0 Å². The summed E-state index contributed by atoms with van der Waals surface area (Å²) in [5, 5.41) is 2.74. The van der Waals surface area contributed by atoms with Gasteiger partial charge in [-0.25, -0.2) is 0 Å². The van der Waals surface area contributed by atoms with Crippen molar-refractivity contribution in [2.45, 2.75) is 26.7 Å². The normalized spacial score (nSPS) is 9.94. The lowest BCUT2D eigenvalue weighted by atomic mass is 10.3. The van der Waals surface area contributed by atoms with E-state index in [1.807, 2.05) is 13.8 Å². The summed E-state index contributed by atoms with van der Waals surface area (Å²) < 4.78 is 4.77. The van der Waals surface area contributed by atoms with Gasteiger partial charge >= 0.3 is 0 Å². The molecule has 0 fully saturated rings. The molecule has 0 saturated carbocycles. The predicted molar refractivity (Wildman–Crippen MR) is 62.0 cm³/mol. The highest BCUT2D eigenvalue weighted by molar-refractivity contribution is 5.85. The van der Waals surface area contributed by atoms with E-state index in [2.05, 4.69) is 5.32 Å². The Morgan fingerprint density at radius 3 is 2.44 bits per heavy atom. The molecule has 0 unspecified atom stereocenters. The number of nitrogens with one attached hydrogen (secondary N) is 1. The van der Waals surface area contributed by atoms with E-state index in [-0.39, 0.29) is 25.0 Å². The molecule has 0 radical (unpaired) electrons. The van der Waals surface area contributed by atoms with Gasteiger partial charge in [0.05, 0.1) is 6.54 Å². The zero-order valence-electron chi connectivity index (χ0n) is 10.4. The molecule has 0 bridgehead atoms. The van der Waals surface area contributed by atoms with E-state index in [0.29, 0.717) is 13.1 Å². The molecule has 0 heterocycles. The third-order valence-corrected chi connectivity index (χ3v) is 2.02. The standard InChI is InChI=1S/C11H22N2O3/c1-4-6-12-10(14)8-13(7-5-2)11(15)9-16-3/h4-9H2,1-3H3,(H,12,14). The molecule has 0 saturated heterocycles. The van der Waals surface area contributed by atoms with Crippen LogP contribution in [-0.4, -0.2) is 50.1 Å². The highest BCUT2D eigenvalue weighted by atomic mass is 16.5. The summed E-state index contributed by atoms with van der Waals surface area (Å²) in [7, 11) is 1.47. The molecule has 2 amide bonds. The summed E-state index contributed by atoms with van der Waals surface area (Å²) in [4.78, 5) is 24.5. The predicted octanol–water partition coefficient (Wildman–Crippen LogP) is 0.398. The Labute approximate surface area is 97.1 Å². The molecule has 0 spiro atoms. The van der Waals surface area contributed by atoms with E-state index in [9.17, 15) is 9.59 Å². The van der Waals surface area contributed by atoms with Crippen molar-refractivity contribution in [3.05, 3.63) is 0 Å². The molecule has 1 N–H and O–H groups in total. The van der Waals surface area contributed by atoms with E-state index >= 15 is 0 Å². The Hall–Kier alpha value is -1.10. The second-order valence-electron chi connectivity index (χ2n) is 3.60. The summed E-state index contributed by atoms with van der Waals surface area (Å²) in [5.74, 6) is -0.254. The lowest BCUT2D eigenvalue weighted by Gasteiger charge is -2.21.